The van der Waals surface area contributed by atoms with E-state index in [0.717, 1.165) is 104 Å². The second-order valence-electron chi connectivity index (χ2n) is 25.8. The number of carbonyl (C=O) groups excluding carboxylic acids is 2. The van der Waals surface area contributed by atoms with Gasteiger partial charge in [-0.2, -0.15) is 0 Å². The number of unbranched alkanes of at least 4 members (excludes halogenated alkanes) is 1. The second kappa shape index (κ2) is 38.2. The molecule has 0 aliphatic heterocycles. The quantitative estimate of drug-likeness (QED) is 0.0195. The molecule has 0 radical (unpaired) electrons. The number of ketones is 2. The summed E-state index contributed by atoms with van der Waals surface area (Å²) in [6.45, 7) is 13.1. The molecule has 5 heterocycles. The number of benzene rings is 7. The smallest absolute Gasteiger partial charge is 0.311 e. The normalized spacial score (nSPS) is 12.8. The van der Waals surface area contributed by atoms with E-state index in [-0.39, 0.29) is 24.4 Å². The summed E-state index contributed by atoms with van der Waals surface area (Å²) >= 11 is 6.21. The Labute approximate surface area is 603 Å². The molecule has 7 aromatic carbocycles. The Morgan fingerprint density at radius 3 is 1.22 bits per heavy atom. The number of aromatic amines is 5. The van der Waals surface area contributed by atoms with E-state index in [0.29, 0.717) is 76.1 Å². The van der Waals surface area contributed by atoms with Gasteiger partial charge in [0.05, 0.1) is 41.2 Å². The Morgan fingerprint density at radius 1 is 0.398 bits per heavy atom. The van der Waals surface area contributed by atoms with Crippen molar-refractivity contribution < 1.29 is 63.8 Å². The van der Waals surface area contributed by atoms with E-state index in [2.05, 4.69) is 59.5 Å². The van der Waals surface area contributed by atoms with Crippen molar-refractivity contribution in [3.63, 3.8) is 0 Å². The van der Waals surface area contributed by atoms with Gasteiger partial charge in [-0.15, -0.1) is 0 Å². The monoisotopic (exact) mass is 1410 g/mol. The van der Waals surface area contributed by atoms with Crippen LogP contribution in [0.4, 0.5) is 0 Å². The second-order valence-corrected chi connectivity index (χ2v) is 26.2. The maximum absolute atomic E-state index is 12.5. The van der Waals surface area contributed by atoms with Crippen LogP contribution in [0.2, 0.25) is 5.02 Å². The number of nitrogens with one attached hydrogen (secondary N) is 5. The van der Waals surface area contributed by atoms with E-state index in [4.69, 9.17) is 16.3 Å². The largest absolute Gasteiger partial charge is 0.494 e. The Bertz CT molecular complexity index is 4770. The predicted octanol–water partition coefficient (Wildman–Crippen LogP) is 20.1. The van der Waals surface area contributed by atoms with Gasteiger partial charge in [-0.1, -0.05) is 200 Å². The molecule has 0 saturated heterocycles. The lowest BCUT2D eigenvalue weighted by molar-refractivity contribution is -0.140. The van der Waals surface area contributed by atoms with Gasteiger partial charge in [0.25, 0.3) is 0 Å². The fourth-order valence-corrected chi connectivity index (χ4v) is 13.3. The molecule has 0 saturated carbocycles. The van der Waals surface area contributed by atoms with E-state index in [9.17, 15) is 59.1 Å². The van der Waals surface area contributed by atoms with Crippen LogP contribution in [0, 0.1) is 11.8 Å². The highest BCUT2D eigenvalue weighted by Crippen LogP contribution is 2.37. The van der Waals surface area contributed by atoms with E-state index in [1.165, 1.54) is 0 Å². The molecule has 10 N–H and O–H groups in total. The standard InChI is InChI=1S/C20H19NO4.C18H14ClNO3.2C16H21NO2.C14H17NO2/c1-2-25-14-8-9-18-15(10-14)17(12-21-18)16(20(23)24)11-19(22)13-6-4-3-5-7-13;19-14-7-4-8-15-17(14)13(10-20-15)12(18(22)23)9-16(21)11-5-2-1-3-6-11;1-3-11(2)8-9-13(16(18)19)14-10-17-15-7-5-4-6-12(14)15;1-3-11(4-2)9-13(16(18)19)14-10-17-15-8-6-5-7-12(14)15;1-2-3-6-11(14(16)17)12-9-15-13-8-5-4-7-10(12)13/h3-10,12,16,21H,2,11H2,1H3,(H,23,24);1-8,10,12,20H,9H2,(H,22,23);4-7,10-11,13,17H,3,8-9H2,1-2H3,(H,18,19);5-8,10-11,13,17H,3-4,9H2,1-2H3,(H,18,19);4-5,7-9,11,15H,2-3,6H2,1H3,(H,16,17). The van der Waals surface area contributed by atoms with Gasteiger partial charge in [-0.3, -0.25) is 33.6 Å². The summed E-state index contributed by atoms with van der Waals surface area (Å²) in [5.41, 5.74) is 9.46. The molecular weight excluding hydrogens is 1320 g/mol. The van der Waals surface area contributed by atoms with Gasteiger partial charge in [0.1, 0.15) is 5.75 Å². The van der Waals surface area contributed by atoms with Crippen LogP contribution in [0.3, 0.4) is 0 Å². The molecule has 5 aromatic heterocycles. The number of ether oxygens (including phenoxy) is 1. The van der Waals surface area contributed by atoms with Gasteiger partial charge in [0.2, 0.25) is 0 Å². The molecule has 0 spiro atoms. The van der Waals surface area contributed by atoms with Gasteiger partial charge in [0, 0.05) is 109 Å². The minimum Gasteiger partial charge on any atom is -0.494 e. The number of aliphatic carboxylic acids is 5. The van der Waals surface area contributed by atoms with Crippen molar-refractivity contribution in [2.24, 2.45) is 11.8 Å². The number of para-hydroxylation sites is 3. The predicted molar refractivity (Wildman–Crippen MR) is 407 cm³/mol. The number of rotatable bonds is 29. The average Bonchev–Trinajstić information content (AvgIpc) is 1.72. The molecule has 0 fully saturated rings. The molecule has 12 aromatic rings. The first kappa shape index (κ1) is 77.8. The summed E-state index contributed by atoms with van der Waals surface area (Å²) in [6, 6.07) is 51.8. The Morgan fingerprint density at radius 2 is 0.786 bits per heavy atom. The molecule has 538 valence electrons. The topological polar surface area (TPSA) is 309 Å². The highest BCUT2D eigenvalue weighted by molar-refractivity contribution is 6.35. The third-order valence-corrected chi connectivity index (χ3v) is 19.4. The molecule has 0 aliphatic rings. The first-order valence-electron chi connectivity index (χ1n) is 35.2. The van der Waals surface area contributed by atoms with Crippen LogP contribution in [0.1, 0.15) is 190 Å². The summed E-state index contributed by atoms with van der Waals surface area (Å²) in [7, 11) is 0. The Kier molecular flexibility index (Phi) is 28.8. The minimum absolute atomic E-state index is 0.0921. The number of aromatic nitrogens is 5. The summed E-state index contributed by atoms with van der Waals surface area (Å²) in [5.74, 6) is -6.03. The van der Waals surface area contributed by atoms with Crippen LogP contribution in [0.5, 0.6) is 5.75 Å². The number of hydrogen-bond donors (Lipinski definition) is 10. The van der Waals surface area contributed by atoms with Crippen molar-refractivity contribution in [1.29, 1.82) is 0 Å². The minimum atomic E-state index is -1.05. The van der Waals surface area contributed by atoms with Gasteiger partial charge in [-0.25, -0.2) is 0 Å². The zero-order valence-corrected chi connectivity index (χ0v) is 59.7. The van der Waals surface area contributed by atoms with Crippen molar-refractivity contribution in [1.82, 2.24) is 24.9 Å². The SMILES string of the molecule is CCC(C)CCC(C(=O)O)c1c[nH]c2ccccc12.CCC(CC)CC(C(=O)O)c1c[nH]c2ccccc12.CCCCC(C(=O)O)c1c[nH]c2ccccc12.CCOc1ccc2[nH]cc(C(CC(=O)c3ccccc3)C(=O)O)c2c1.O=C(CC(C(=O)O)c1c[nH]c2cccc(Cl)c12)c1ccccc1. The van der Waals surface area contributed by atoms with Gasteiger partial charge in [0.15, 0.2) is 11.6 Å². The maximum Gasteiger partial charge on any atom is 0.311 e. The van der Waals surface area contributed by atoms with Gasteiger partial charge in [-0.05, 0) is 121 Å². The molecule has 6 atom stereocenters. The molecule has 18 nitrogen and oxygen atoms in total. The van der Waals surface area contributed by atoms with Crippen LogP contribution in [-0.2, 0) is 24.0 Å². The average molecular weight is 1420 g/mol. The fraction of sp³-hybridized carbons (Fsp3) is 0.298. The number of H-pyrrole nitrogens is 5. The lowest BCUT2D eigenvalue weighted by atomic mass is 9.86. The number of Topliss-reactive ketones (excluding diaryl/α,β-unsaturated/α-hetero) is 2. The third-order valence-electron chi connectivity index (χ3n) is 19.1. The molecule has 12 rings (SSSR count). The van der Waals surface area contributed by atoms with Crippen molar-refractivity contribution in [3.05, 3.63) is 245 Å². The lowest BCUT2D eigenvalue weighted by Crippen LogP contribution is -2.16. The fourth-order valence-electron chi connectivity index (χ4n) is 13.0. The van der Waals surface area contributed by atoms with Gasteiger partial charge < -0.3 is 55.2 Å². The molecule has 0 bridgehead atoms. The summed E-state index contributed by atoms with van der Waals surface area (Å²) < 4.78 is 5.50. The van der Waals surface area contributed by atoms with Crippen LogP contribution < -0.4 is 4.74 Å². The molecule has 6 unspecified atom stereocenters. The van der Waals surface area contributed by atoms with E-state index < -0.39 is 59.4 Å². The molecule has 0 amide bonds. The van der Waals surface area contributed by atoms with Crippen LogP contribution in [0.25, 0.3) is 54.5 Å². The van der Waals surface area contributed by atoms with Crippen molar-refractivity contribution in [2.75, 3.05) is 6.61 Å². The zero-order chi connectivity index (χ0) is 74.1. The summed E-state index contributed by atoms with van der Waals surface area (Å²) in [6.07, 6.45) is 16.8. The Hall–Kier alpha value is -11.0. The molecule has 103 heavy (non-hydrogen) atoms. The zero-order valence-electron chi connectivity index (χ0n) is 59.0. The maximum atomic E-state index is 12.5. The lowest BCUT2D eigenvalue weighted by Gasteiger charge is -2.18. The summed E-state index contributed by atoms with van der Waals surface area (Å²) in [5, 5.41) is 52.5. The molecule has 0 aliphatic carbocycles. The van der Waals surface area contributed by atoms with Crippen molar-refractivity contribution in [2.45, 2.75) is 142 Å². The van der Waals surface area contributed by atoms with Gasteiger partial charge >= 0.3 is 29.8 Å². The number of hydrogen-bond acceptors (Lipinski definition) is 8. The van der Waals surface area contributed by atoms with Crippen LogP contribution in [0.15, 0.2) is 201 Å². The molecular formula is C84H92ClN5O13. The number of carbonyl (C=O) groups is 7. The highest BCUT2D eigenvalue weighted by atomic mass is 35.5. The van der Waals surface area contributed by atoms with Crippen LogP contribution in [-0.4, -0.2) is 98.5 Å². The Balaban J connectivity index is 0.000000164. The molecule has 19 heteroatoms. The van der Waals surface area contributed by atoms with Crippen molar-refractivity contribution in [3.8, 4) is 5.75 Å². The first-order valence-corrected chi connectivity index (χ1v) is 35.6. The van der Waals surface area contributed by atoms with Crippen LogP contribution >= 0.6 is 11.6 Å². The van der Waals surface area contributed by atoms with E-state index in [1.54, 1.807) is 73.1 Å². The van der Waals surface area contributed by atoms with Crippen molar-refractivity contribution >= 4 is 108 Å². The summed E-state index contributed by atoms with van der Waals surface area (Å²) in [4.78, 5) is 98.4. The number of halogens is 1. The number of carboxylic acid groups (broad SMARTS) is 5. The first-order chi connectivity index (χ1) is 49.7. The number of fused-ring (bicyclic) bond motifs is 5. The number of carboxylic acids is 5. The van der Waals surface area contributed by atoms with E-state index in [1.807, 2.05) is 135 Å². The van der Waals surface area contributed by atoms with E-state index >= 15 is 0 Å². The highest BCUT2D eigenvalue weighted by Gasteiger charge is 2.31. The third kappa shape index (κ3) is 20.4.